The summed E-state index contributed by atoms with van der Waals surface area (Å²) in [6.07, 6.45) is 0.585. The molecule has 27 heavy (non-hydrogen) atoms. The molecule has 1 fully saturated rings. The molecule has 0 radical (unpaired) electrons. The van der Waals surface area contributed by atoms with Gasteiger partial charge in [0.05, 0.1) is 33.3 Å². The van der Waals surface area contributed by atoms with Crippen LogP contribution in [0.25, 0.3) is 0 Å². The van der Waals surface area contributed by atoms with Crippen molar-refractivity contribution in [2.45, 2.75) is 26.3 Å². The molecule has 1 aliphatic rings. The SMILES string of the molecule is COc1cc(C(C)NC(=O)N2CC(C)CC(C(=O)O)C2)cc(OC)c1OC. The van der Waals surface area contributed by atoms with Crippen LogP contribution < -0.4 is 19.5 Å². The highest BCUT2D eigenvalue weighted by Crippen LogP contribution is 2.39. The van der Waals surface area contributed by atoms with Gasteiger partial charge in [-0.1, -0.05) is 6.92 Å². The molecule has 1 saturated heterocycles. The van der Waals surface area contributed by atoms with Gasteiger partial charge in [-0.15, -0.1) is 0 Å². The highest BCUT2D eigenvalue weighted by Gasteiger charge is 2.32. The zero-order valence-corrected chi connectivity index (χ0v) is 16.4. The van der Waals surface area contributed by atoms with Gasteiger partial charge in [0, 0.05) is 13.1 Å². The number of methoxy groups -OCH3 is 3. The summed E-state index contributed by atoms with van der Waals surface area (Å²) < 4.78 is 16.0. The molecule has 150 valence electrons. The second kappa shape index (κ2) is 8.83. The first-order chi connectivity index (χ1) is 12.8. The van der Waals surface area contributed by atoms with E-state index in [4.69, 9.17) is 14.2 Å². The molecule has 0 aliphatic carbocycles. The Balaban J connectivity index is 2.15. The number of piperidine rings is 1. The molecule has 0 spiro atoms. The average Bonchev–Trinajstić information content (AvgIpc) is 2.65. The van der Waals surface area contributed by atoms with Gasteiger partial charge >= 0.3 is 12.0 Å². The summed E-state index contributed by atoms with van der Waals surface area (Å²) in [7, 11) is 4.60. The van der Waals surface area contributed by atoms with E-state index >= 15 is 0 Å². The first-order valence-corrected chi connectivity index (χ1v) is 8.88. The molecule has 8 nitrogen and oxygen atoms in total. The lowest BCUT2D eigenvalue weighted by Gasteiger charge is -2.35. The van der Waals surface area contributed by atoms with Crippen LogP contribution in [0.4, 0.5) is 4.79 Å². The third-order valence-corrected chi connectivity index (χ3v) is 4.82. The van der Waals surface area contributed by atoms with Crippen LogP contribution in [0, 0.1) is 11.8 Å². The molecule has 1 heterocycles. The van der Waals surface area contributed by atoms with Crippen molar-refractivity contribution in [3.8, 4) is 17.2 Å². The number of carboxylic acid groups (broad SMARTS) is 1. The molecule has 3 atom stereocenters. The highest BCUT2D eigenvalue weighted by atomic mass is 16.5. The number of ether oxygens (including phenoxy) is 3. The summed E-state index contributed by atoms with van der Waals surface area (Å²) in [6, 6.07) is 2.96. The number of rotatable bonds is 6. The van der Waals surface area contributed by atoms with E-state index < -0.39 is 11.9 Å². The molecule has 2 N–H and O–H groups in total. The van der Waals surface area contributed by atoms with Crippen LogP contribution in [-0.2, 0) is 4.79 Å². The van der Waals surface area contributed by atoms with Crippen LogP contribution in [-0.4, -0.2) is 56.4 Å². The standard InChI is InChI=1S/C19H28N2O6/c1-11-6-14(18(22)23)10-21(9-11)19(24)20-12(2)13-7-15(25-3)17(27-5)16(8-13)26-4/h7-8,11-12,14H,6,9-10H2,1-5H3,(H,20,24)(H,22,23). The Morgan fingerprint density at radius 1 is 1.15 bits per heavy atom. The smallest absolute Gasteiger partial charge is 0.317 e. The molecule has 2 rings (SSSR count). The second-order valence-corrected chi connectivity index (χ2v) is 6.91. The molecular formula is C19H28N2O6. The van der Waals surface area contributed by atoms with Crippen molar-refractivity contribution in [2.75, 3.05) is 34.4 Å². The van der Waals surface area contributed by atoms with Crippen LogP contribution in [0.1, 0.15) is 31.9 Å². The van der Waals surface area contributed by atoms with E-state index in [1.54, 1.807) is 17.0 Å². The Morgan fingerprint density at radius 2 is 1.74 bits per heavy atom. The van der Waals surface area contributed by atoms with E-state index in [0.717, 1.165) is 5.56 Å². The van der Waals surface area contributed by atoms with Crippen LogP contribution >= 0.6 is 0 Å². The molecule has 0 saturated carbocycles. The summed E-state index contributed by atoms with van der Waals surface area (Å²) in [5.74, 6) is 0.238. The predicted molar refractivity (Wildman–Crippen MR) is 99.5 cm³/mol. The topological polar surface area (TPSA) is 97.3 Å². The van der Waals surface area contributed by atoms with Crippen molar-refractivity contribution in [1.29, 1.82) is 0 Å². The zero-order valence-electron chi connectivity index (χ0n) is 16.4. The Hall–Kier alpha value is -2.64. The summed E-state index contributed by atoms with van der Waals surface area (Å²) in [5.41, 5.74) is 0.790. The maximum Gasteiger partial charge on any atom is 0.317 e. The number of hydrogen-bond acceptors (Lipinski definition) is 5. The number of carboxylic acids is 1. The third kappa shape index (κ3) is 4.75. The number of nitrogens with zero attached hydrogens (tertiary/aromatic N) is 1. The van der Waals surface area contributed by atoms with Crippen LogP contribution in [0.3, 0.4) is 0 Å². The fourth-order valence-electron chi connectivity index (χ4n) is 3.41. The predicted octanol–water partition coefficient (Wildman–Crippen LogP) is 2.53. The second-order valence-electron chi connectivity index (χ2n) is 6.91. The van der Waals surface area contributed by atoms with Gasteiger partial charge in [-0.25, -0.2) is 4.79 Å². The van der Waals surface area contributed by atoms with Crippen molar-refractivity contribution in [1.82, 2.24) is 10.2 Å². The van der Waals surface area contributed by atoms with Gasteiger partial charge in [-0.05, 0) is 37.0 Å². The van der Waals surface area contributed by atoms with E-state index in [0.29, 0.717) is 30.2 Å². The van der Waals surface area contributed by atoms with Crippen LogP contribution in [0.5, 0.6) is 17.2 Å². The minimum Gasteiger partial charge on any atom is -0.493 e. The van der Waals surface area contributed by atoms with Gasteiger partial charge in [0.2, 0.25) is 5.75 Å². The third-order valence-electron chi connectivity index (χ3n) is 4.82. The molecule has 0 aromatic heterocycles. The first kappa shape index (κ1) is 20.7. The Morgan fingerprint density at radius 3 is 2.22 bits per heavy atom. The number of nitrogens with one attached hydrogen (secondary N) is 1. The van der Waals surface area contributed by atoms with E-state index in [2.05, 4.69) is 5.32 Å². The maximum absolute atomic E-state index is 12.7. The Kier molecular flexibility index (Phi) is 6.76. The number of urea groups is 1. The molecule has 2 amide bonds. The first-order valence-electron chi connectivity index (χ1n) is 8.88. The largest absolute Gasteiger partial charge is 0.493 e. The molecule has 1 aromatic rings. The minimum absolute atomic E-state index is 0.141. The molecular weight excluding hydrogens is 352 g/mol. The quantitative estimate of drug-likeness (QED) is 0.787. The number of carbonyl (C=O) groups is 2. The van der Waals surface area contributed by atoms with Gasteiger partial charge in [0.1, 0.15) is 0 Å². The van der Waals surface area contributed by atoms with Gasteiger partial charge in [-0.3, -0.25) is 4.79 Å². The van der Waals surface area contributed by atoms with Crippen LogP contribution in [0.15, 0.2) is 12.1 Å². The number of aliphatic carboxylic acids is 1. The molecule has 1 aromatic carbocycles. The lowest BCUT2D eigenvalue weighted by atomic mass is 9.91. The molecule has 0 bridgehead atoms. The van der Waals surface area contributed by atoms with Gasteiger partial charge in [0.15, 0.2) is 11.5 Å². The Bertz CT molecular complexity index is 668. The van der Waals surface area contributed by atoms with Crippen molar-refractivity contribution in [3.63, 3.8) is 0 Å². The van der Waals surface area contributed by atoms with E-state index in [9.17, 15) is 14.7 Å². The molecule has 1 aliphatic heterocycles. The lowest BCUT2D eigenvalue weighted by Crippen LogP contribution is -2.49. The van der Waals surface area contributed by atoms with Crippen molar-refractivity contribution < 1.29 is 28.9 Å². The van der Waals surface area contributed by atoms with E-state index in [1.807, 2.05) is 13.8 Å². The van der Waals surface area contributed by atoms with Gasteiger partial charge < -0.3 is 29.5 Å². The van der Waals surface area contributed by atoms with Crippen molar-refractivity contribution in [3.05, 3.63) is 17.7 Å². The van der Waals surface area contributed by atoms with Gasteiger partial charge in [0.25, 0.3) is 0 Å². The van der Waals surface area contributed by atoms with Crippen LogP contribution in [0.2, 0.25) is 0 Å². The highest BCUT2D eigenvalue weighted by molar-refractivity contribution is 5.77. The molecule has 8 heteroatoms. The number of hydrogen-bond donors (Lipinski definition) is 2. The molecule has 3 unspecified atom stereocenters. The monoisotopic (exact) mass is 380 g/mol. The minimum atomic E-state index is -0.864. The number of benzene rings is 1. The van der Waals surface area contributed by atoms with E-state index in [-0.39, 0.29) is 24.5 Å². The summed E-state index contributed by atoms with van der Waals surface area (Å²) >= 11 is 0. The number of amides is 2. The van der Waals surface area contributed by atoms with Crippen molar-refractivity contribution >= 4 is 12.0 Å². The fourth-order valence-corrected chi connectivity index (χ4v) is 3.41. The maximum atomic E-state index is 12.7. The normalized spacial score (nSPS) is 20.6. The Labute approximate surface area is 159 Å². The summed E-state index contributed by atoms with van der Waals surface area (Å²) in [5, 5.41) is 12.2. The number of likely N-dealkylation sites (tertiary alicyclic amines) is 1. The zero-order chi connectivity index (χ0) is 20.1. The lowest BCUT2D eigenvalue weighted by molar-refractivity contribution is -0.143. The van der Waals surface area contributed by atoms with Crippen molar-refractivity contribution in [2.24, 2.45) is 11.8 Å². The number of carbonyl (C=O) groups excluding carboxylic acids is 1. The summed E-state index contributed by atoms with van der Waals surface area (Å²) in [4.78, 5) is 25.5. The van der Waals surface area contributed by atoms with E-state index in [1.165, 1.54) is 21.3 Å². The average molecular weight is 380 g/mol. The fraction of sp³-hybridized carbons (Fsp3) is 0.579. The summed E-state index contributed by atoms with van der Waals surface area (Å²) in [6.45, 7) is 4.56. The van der Waals surface area contributed by atoms with Gasteiger partial charge in [-0.2, -0.15) is 0 Å².